The summed E-state index contributed by atoms with van der Waals surface area (Å²) in [7, 11) is 4.08. The van der Waals surface area contributed by atoms with E-state index in [1.165, 1.54) is 16.9 Å². The minimum atomic E-state index is 0.781. The van der Waals surface area contributed by atoms with E-state index < -0.39 is 0 Å². The lowest BCUT2D eigenvalue weighted by molar-refractivity contribution is 0.640. The monoisotopic (exact) mass is 388 g/mol. The van der Waals surface area contributed by atoms with Gasteiger partial charge in [-0.2, -0.15) is 4.98 Å². The van der Waals surface area contributed by atoms with Crippen LogP contribution in [0.2, 0.25) is 0 Å². The van der Waals surface area contributed by atoms with Crippen molar-refractivity contribution in [3.8, 4) is 0 Å². The van der Waals surface area contributed by atoms with Crippen molar-refractivity contribution in [2.24, 2.45) is 0 Å². The highest BCUT2D eigenvalue weighted by molar-refractivity contribution is 5.61. The predicted octanol–water partition coefficient (Wildman–Crippen LogP) is 3.92. The van der Waals surface area contributed by atoms with Crippen LogP contribution in [0.15, 0.2) is 60.8 Å². The van der Waals surface area contributed by atoms with Gasteiger partial charge in [-0.15, -0.1) is 0 Å². The van der Waals surface area contributed by atoms with Crippen LogP contribution < -0.4 is 20.0 Å². The zero-order valence-corrected chi connectivity index (χ0v) is 17.3. The van der Waals surface area contributed by atoms with Gasteiger partial charge in [-0.05, 0) is 55.0 Å². The van der Waals surface area contributed by atoms with Crippen molar-refractivity contribution in [1.82, 2.24) is 9.97 Å². The molecule has 29 heavy (non-hydrogen) atoms. The molecule has 1 aliphatic rings. The van der Waals surface area contributed by atoms with E-state index in [0.29, 0.717) is 0 Å². The van der Waals surface area contributed by atoms with Crippen LogP contribution in [0.3, 0.4) is 0 Å². The van der Waals surface area contributed by atoms with Crippen LogP contribution >= 0.6 is 0 Å². The van der Waals surface area contributed by atoms with Crippen LogP contribution in [0, 0.1) is 6.92 Å². The maximum Gasteiger partial charge on any atom is 0.227 e. The Hall–Kier alpha value is -3.28. The largest absolute Gasteiger partial charge is 0.378 e. The van der Waals surface area contributed by atoms with E-state index in [2.05, 4.69) is 80.5 Å². The van der Waals surface area contributed by atoms with E-state index in [4.69, 9.17) is 4.98 Å². The highest BCUT2D eigenvalue weighted by Crippen LogP contribution is 2.22. The topological polar surface area (TPSA) is 47.5 Å². The highest BCUT2D eigenvalue weighted by Gasteiger charge is 2.19. The summed E-state index contributed by atoms with van der Waals surface area (Å²) in [5.41, 5.74) is 4.78. The van der Waals surface area contributed by atoms with Gasteiger partial charge in [-0.3, -0.25) is 0 Å². The van der Waals surface area contributed by atoms with Gasteiger partial charge in [0.05, 0.1) is 0 Å². The van der Waals surface area contributed by atoms with Crippen molar-refractivity contribution in [2.75, 3.05) is 60.3 Å². The molecule has 0 unspecified atom stereocenters. The van der Waals surface area contributed by atoms with Gasteiger partial charge >= 0.3 is 0 Å². The average molecular weight is 389 g/mol. The van der Waals surface area contributed by atoms with Crippen molar-refractivity contribution in [1.29, 1.82) is 0 Å². The van der Waals surface area contributed by atoms with Gasteiger partial charge < -0.3 is 20.0 Å². The molecule has 150 valence electrons. The van der Waals surface area contributed by atoms with Gasteiger partial charge in [0.25, 0.3) is 0 Å². The third kappa shape index (κ3) is 4.59. The molecule has 3 aromatic rings. The molecule has 0 saturated carbocycles. The number of rotatable bonds is 5. The SMILES string of the molecule is Cc1cccc(N2CCN(c3nccc(Nc4ccc(N(C)C)cc4)n3)CC2)c1. The highest BCUT2D eigenvalue weighted by atomic mass is 15.3. The normalized spacial score (nSPS) is 14.0. The number of nitrogens with zero attached hydrogens (tertiary/aromatic N) is 5. The molecule has 0 amide bonds. The fraction of sp³-hybridized carbons (Fsp3) is 0.304. The van der Waals surface area contributed by atoms with Gasteiger partial charge in [0.1, 0.15) is 5.82 Å². The number of aryl methyl sites for hydroxylation is 1. The molecule has 0 bridgehead atoms. The minimum Gasteiger partial charge on any atom is -0.378 e. The summed E-state index contributed by atoms with van der Waals surface area (Å²) in [6.07, 6.45) is 1.83. The molecule has 1 saturated heterocycles. The molecule has 4 rings (SSSR count). The van der Waals surface area contributed by atoms with Gasteiger partial charge in [0.15, 0.2) is 0 Å². The Balaban J connectivity index is 1.40. The van der Waals surface area contributed by atoms with Crippen molar-refractivity contribution in [3.05, 3.63) is 66.4 Å². The van der Waals surface area contributed by atoms with Crippen LogP contribution in [0.1, 0.15) is 5.56 Å². The molecule has 2 heterocycles. The number of hydrogen-bond donors (Lipinski definition) is 1. The average Bonchev–Trinajstić information content (AvgIpc) is 2.74. The van der Waals surface area contributed by atoms with E-state index >= 15 is 0 Å². The molecular formula is C23H28N6. The van der Waals surface area contributed by atoms with Crippen molar-refractivity contribution in [3.63, 3.8) is 0 Å². The van der Waals surface area contributed by atoms with E-state index in [0.717, 1.165) is 43.6 Å². The number of piperazine rings is 1. The van der Waals surface area contributed by atoms with Crippen LogP contribution in [-0.2, 0) is 0 Å². The number of nitrogens with one attached hydrogen (secondary N) is 1. The molecule has 6 nitrogen and oxygen atoms in total. The first kappa shape index (κ1) is 19.1. The first-order valence-electron chi connectivity index (χ1n) is 10.0. The second-order valence-corrected chi connectivity index (χ2v) is 7.62. The Bertz CT molecular complexity index is 946. The van der Waals surface area contributed by atoms with Gasteiger partial charge in [-0.25, -0.2) is 4.98 Å². The molecular weight excluding hydrogens is 360 g/mol. The molecule has 0 atom stereocenters. The Morgan fingerprint density at radius 3 is 2.31 bits per heavy atom. The summed E-state index contributed by atoms with van der Waals surface area (Å²) in [5.74, 6) is 1.59. The van der Waals surface area contributed by atoms with E-state index in [9.17, 15) is 0 Å². The zero-order chi connectivity index (χ0) is 20.2. The van der Waals surface area contributed by atoms with Gasteiger partial charge in [-0.1, -0.05) is 12.1 Å². The summed E-state index contributed by atoms with van der Waals surface area (Å²) in [4.78, 5) is 16.0. The molecule has 1 N–H and O–H groups in total. The smallest absolute Gasteiger partial charge is 0.227 e. The summed E-state index contributed by atoms with van der Waals surface area (Å²) >= 11 is 0. The number of aromatic nitrogens is 2. The molecule has 6 heteroatoms. The maximum absolute atomic E-state index is 4.74. The number of anilines is 5. The van der Waals surface area contributed by atoms with Crippen LogP contribution in [0.25, 0.3) is 0 Å². The first-order valence-corrected chi connectivity index (χ1v) is 10.0. The summed E-state index contributed by atoms with van der Waals surface area (Å²) in [5, 5.41) is 3.38. The minimum absolute atomic E-state index is 0.781. The molecule has 1 aliphatic heterocycles. The zero-order valence-electron chi connectivity index (χ0n) is 17.3. The Morgan fingerprint density at radius 2 is 1.62 bits per heavy atom. The Labute approximate surface area is 172 Å². The lowest BCUT2D eigenvalue weighted by Gasteiger charge is -2.36. The van der Waals surface area contributed by atoms with Crippen LogP contribution in [0.4, 0.5) is 28.8 Å². The molecule has 0 radical (unpaired) electrons. The summed E-state index contributed by atoms with van der Waals surface area (Å²) < 4.78 is 0. The van der Waals surface area contributed by atoms with E-state index in [1.807, 2.05) is 26.4 Å². The molecule has 0 spiro atoms. The molecule has 0 aliphatic carbocycles. The molecule has 1 aromatic heterocycles. The fourth-order valence-electron chi connectivity index (χ4n) is 3.55. The Morgan fingerprint density at radius 1 is 0.897 bits per heavy atom. The number of benzene rings is 2. The van der Waals surface area contributed by atoms with Crippen molar-refractivity contribution in [2.45, 2.75) is 6.92 Å². The first-order chi connectivity index (χ1) is 14.1. The van der Waals surface area contributed by atoms with Crippen molar-refractivity contribution < 1.29 is 0 Å². The quantitative estimate of drug-likeness (QED) is 0.715. The molecule has 2 aromatic carbocycles. The van der Waals surface area contributed by atoms with Gasteiger partial charge in [0.2, 0.25) is 5.95 Å². The third-order valence-corrected chi connectivity index (χ3v) is 5.23. The summed E-state index contributed by atoms with van der Waals surface area (Å²) in [6, 6.07) is 18.9. The van der Waals surface area contributed by atoms with Crippen LogP contribution in [0.5, 0.6) is 0 Å². The standard InChI is InChI=1S/C23H28N6/c1-18-5-4-6-21(17-18)28-13-15-29(16-14-28)23-24-12-11-22(26-23)25-19-7-9-20(10-8-19)27(2)3/h4-12,17H,13-16H2,1-3H3,(H,24,25,26). The van der Waals surface area contributed by atoms with Gasteiger partial charge in [0, 0.05) is 63.5 Å². The van der Waals surface area contributed by atoms with Crippen molar-refractivity contribution >= 4 is 28.8 Å². The fourth-order valence-corrected chi connectivity index (χ4v) is 3.55. The maximum atomic E-state index is 4.74. The third-order valence-electron chi connectivity index (χ3n) is 5.23. The second kappa shape index (κ2) is 8.39. The lowest BCUT2D eigenvalue weighted by Crippen LogP contribution is -2.47. The van der Waals surface area contributed by atoms with Crippen LogP contribution in [-0.4, -0.2) is 50.2 Å². The Kier molecular flexibility index (Phi) is 5.51. The number of hydrogen-bond acceptors (Lipinski definition) is 6. The predicted molar refractivity (Wildman–Crippen MR) is 122 cm³/mol. The van der Waals surface area contributed by atoms with E-state index in [1.54, 1.807) is 0 Å². The lowest BCUT2D eigenvalue weighted by atomic mass is 10.2. The van der Waals surface area contributed by atoms with E-state index in [-0.39, 0.29) is 0 Å². The molecule has 1 fully saturated rings. The second-order valence-electron chi connectivity index (χ2n) is 7.62. The summed E-state index contributed by atoms with van der Waals surface area (Å²) in [6.45, 7) is 5.90.